The number of pyridine rings is 1. The van der Waals surface area contributed by atoms with E-state index in [2.05, 4.69) is 25.4 Å². The lowest BCUT2D eigenvalue weighted by atomic mass is 10.2. The molecular weight excluding hydrogens is 376 g/mol. The molecule has 1 fully saturated rings. The van der Waals surface area contributed by atoms with Crippen LogP contribution in [0.2, 0.25) is 5.02 Å². The molecule has 0 atom stereocenters. The fourth-order valence-electron chi connectivity index (χ4n) is 3.09. The van der Waals surface area contributed by atoms with Crippen LogP contribution in [-0.4, -0.2) is 52.2 Å². The number of piperazine rings is 1. The van der Waals surface area contributed by atoms with Crippen LogP contribution in [0, 0.1) is 0 Å². The molecule has 0 bridgehead atoms. The van der Waals surface area contributed by atoms with Gasteiger partial charge in [0.05, 0.1) is 22.5 Å². The molecule has 3 heterocycles. The lowest BCUT2D eigenvalue weighted by molar-refractivity contribution is 0.0746. The van der Waals surface area contributed by atoms with Gasteiger partial charge in [0.25, 0.3) is 5.91 Å². The molecule has 4 rings (SSSR count). The summed E-state index contributed by atoms with van der Waals surface area (Å²) in [5.74, 6) is 1.42. The molecule has 0 radical (unpaired) electrons. The minimum Gasteiger partial charge on any atom is -0.352 e. The summed E-state index contributed by atoms with van der Waals surface area (Å²) in [6, 6.07) is 14.7. The van der Waals surface area contributed by atoms with Crippen molar-refractivity contribution in [3.8, 4) is 0 Å². The first-order valence-electron chi connectivity index (χ1n) is 9.00. The number of nitrogens with one attached hydrogen (secondary N) is 1. The van der Waals surface area contributed by atoms with E-state index in [9.17, 15) is 4.79 Å². The van der Waals surface area contributed by atoms with E-state index in [0.29, 0.717) is 42.6 Å². The standard InChI is InChI=1S/C20H19ClN6O/c21-17-6-2-1-5-16(17)20(28)27-12-10-26(11-13-27)19-8-7-18(24-25-19)23-15-4-3-9-22-14-15/h1-9,14H,10-13H2,(H,23,24). The number of amides is 1. The van der Waals surface area contributed by atoms with Crippen LogP contribution in [0.5, 0.6) is 0 Å². The van der Waals surface area contributed by atoms with Crippen molar-refractivity contribution < 1.29 is 4.79 Å². The van der Waals surface area contributed by atoms with Gasteiger partial charge in [0, 0.05) is 32.4 Å². The Bertz CT molecular complexity index is 942. The van der Waals surface area contributed by atoms with Gasteiger partial charge in [-0.15, -0.1) is 10.2 Å². The number of carbonyl (C=O) groups excluding carboxylic acids is 1. The Kier molecular flexibility index (Phi) is 5.34. The summed E-state index contributed by atoms with van der Waals surface area (Å²) in [6.45, 7) is 2.61. The molecule has 0 saturated carbocycles. The Hall–Kier alpha value is -3.19. The van der Waals surface area contributed by atoms with Gasteiger partial charge in [-0.3, -0.25) is 9.78 Å². The Morgan fingerprint density at radius 1 is 0.964 bits per heavy atom. The lowest BCUT2D eigenvalue weighted by Gasteiger charge is -2.35. The molecule has 8 heteroatoms. The number of hydrogen-bond donors (Lipinski definition) is 1. The highest BCUT2D eigenvalue weighted by molar-refractivity contribution is 6.33. The topological polar surface area (TPSA) is 74.2 Å². The van der Waals surface area contributed by atoms with Gasteiger partial charge >= 0.3 is 0 Å². The number of hydrogen-bond acceptors (Lipinski definition) is 6. The molecule has 0 aliphatic carbocycles. The van der Waals surface area contributed by atoms with Crippen molar-refractivity contribution in [3.05, 3.63) is 71.5 Å². The smallest absolute Gasteiger partial charge is 0.255 e. The van der Waals surface area contributed by atoms with Crippen LogP contribution in [-0.2, 0) is 0 Å². The summed E-state index contributed by atoms with van der Waals surface area (Å²) in [4.78, 5) is 20.7. The van der Waals surface area contributed by atoms with Gasteiger partial charge in [-0.1, -0.05) is 23.7 Å². The normalized spacial score (nSPS) is 14.0. The molecule has 28 heavy (non-hydrogen) atoms. The molecule has 1 amide bonds. The first-order chi connectivity index (χ1) is 13.7. The summed E-state index contributed by atoms with van der Waals surface area (Å²) >= 11 is 6.15. The Morgan fingerprint density at radius 2 is 1.79 bits per heavy atom. The Labute approximate surface area is 168 Å². The van der Waals surface area contributed by atoms with Crippen LogP contribution >= 0.6 is 11.6 Å². The van der Waals surface area contributed by atoms with Crippen LogP contribution in [0.25, 0.3) is 0 Å². The molecule has 1 saturated heterocycles. The van der Waals surface area contributed by atoms with Crippen molar-refractivity contribution in [2.45, 2.75) is 0 Å². The summed E-state index contributed by atoms with van der Waals surface area (Å²) in [6.07, 6.45) is 3.45. The zero-order chi connectivity index (χ0) is 19.3. The van der Waals surface area contributed by atoms with Gasteiger partial charge in [-0.2, -0.15) is 0 Å². The van der Waals surface area contributed by atoms with Crippen molar-refractivity contribution >= 4 is 34.8 Å². The monoisotopic (exact) mass is 394 g/mol. The highest BCUT2D eigenvalue weighted by atomic mass is 35.5. The van der Waals surface area contributed by atoms with Crippen LogP contribution in [0.4, 0.5) is 17.3 Å². The number of carbonyl (C=O) groups is 1. The third-order valence-corrected chi connectivity index (χ3v) is 4.91. The van der Waals surface area contributed by atoms with Crippen molar-refractivity contribution in [1.82, 2.24) is 20.1 Å². The van der Waals surface area contributed by atoms with Crippen molar-refractivity contribution in [3.63, 3.8) is 0 Å². The number of rotatable bonds is 4. The van der Waals surface area contributed by atoms with Gasteiger partial charge in [0.2, 0.25) is 0 Å². The SMILES string of the molecule is O=C(c1ccccc1Cl)N1CCN(c2ccc(Nc3cccnc3)nn2)CC1. The number of benzene rings is 1. The number of aromatic nitrogens is 3. The third kappa shape index (κ3) is 4.04. The van der Waals surface area contributed by atoms with E-state index < -0.39 is 0 Å². The van der Waals surface area contributed by atoms with Gasteiger partial charge in [-0.25, -0.2) is 0 Å². The van der Waals surface area contributed by atoms with Crippen LogP contribution in [0.3, 0.4) is 0 Å². The van der Waals surface area contributed by atoms with E-state index in [1.165, 1.54) is 0 Å². The quantitative estimate of drug-likeness (QED) is 0.732. The Morgan fingerprint density at radius 3 is 2.46 bits per heavy atom. The molecular formula is C20H19ClN6O. The molecule has 2 aromatic heterocycles. The molecule has 7 nitrogen and oxygen atoms in total. The molecule has 142 valence electrons. The van der Waals surface area contributed by atoms with Gasteiger partial charge in [0.1, 0.15) is 0 Å². The summed E-state index contributed by atoms with van der Waals surface area (Å²) < 4.78 is 0. The fourth-order valence-corrected chi connectivity index (χ4v) is 3.31. The number of nitrogens with zero attached hydrogens (tertiary/aromatic N) is 5. The predicted molar refractivity (Wildman–Crippen MR) is 109 cm³/mol. The average Bonchev–Trinajstić information content (AvgIpc) is 2.75. The lowest BCUT2D eigenvalue weighted by Crippen LogP contribution is -2.49. The molecule has 1 aliphatic rings. The third-order valence-electron chi connectivity index (χ3n) is 4.58. The molecule has 1 aliphatic heterocycles. The fraction of sp³-hybridized carbons (Fsp3) is 0.200. The van der Waals surface area contributed by atoms with E-state index in [1.54, 1.807) is 24.5 Å². The largest absolute Gasteiger partial charge is 0.352 e. The van der Waals surface area contributed by atoms with Gasteiger partial charge in [-0.05, 0) is 36.4 Å². The van der Waals surface area contributed by atoms with Gasteiger partial charge in [0.15, 0.2) is 11.6 Å². The van der Waals surface area contributed by atoms with Crippen molar-refractivity contribution in [1.29, 1.82) is 0 Å². The minimum atomic E-state index is -0.0349. The predicted octanol–water partition coefficient (Wildman–Crippen LogP) is 3.23. The highest BCUT2D eigenvalue weighted by Crippen LogP contribution is 2.20. The van der Waals surface area contributed by atoms with E-state index in [0.717, 1.165) is 11.5 Å². The summed E-state index contributed by atoms with van der Waals surface area (Å²) in [7, 11) is 0. The molecule has 3 aromatic rings. The number of anilines is 3. The first-order valence-corrected chi connectivity index (χ1v) is 9.38. The second-order valence-corrected chi connectivity index (χ2v) is 6.81. The molecule has 0 spiro atoms. The highest BCUT2D eigenvalue weighted by Gasteiger charge is 2.24. The maximum Gasteiger partial charge on any atom is 0.255 e. The van der Waals surface area contributed by atoms with E-state index in [4.69, 9.17) is 11.6 Å². The summed E-state index contributed by atoms with van der Waals surface area (Å²) in [5, 5.41) is 12.2. The van der Waals surface area contributed by atoms with E-state index >= 15 is 0 Å². The summed E-state index contributed by atoms with van der Waals surface area (Å²) in [5.41, 5.74) is 1.40. The maximum atomic E-state index is 12.7. The van der Waals surface area contributed by atoms with Crippen LogP contribution in [0.1, 0.15) is 10.4 Å². The van der Waals surface area contributed by atoms with E-state index in [-0.39, 0.29) is 5.91 Å². The van der Waals surface area contributed by atoms with E-state index in [1.807, 2.05) is 41.3 Å². The van der Waals surface area contributed by atoms with Crippen molar-refractivity contribution in [2.24, 2.45) is 0 Å². The second kappa shape index (κ2) is 8.22. The average molecular weight is 395 g/mol. The van der Waals surface area contributed by atoms with Crippen molar-refractivity contribution in [2.75, 3.05) is 36.4 Å². The maximum absolute atomic E-state index is 12.7. The zero-order valence-corrected chi connectivity index (χ0v) is 15.9. The van der Waals surface area contributed by atoms with Crippen LogP contribution < -0.4 is 10.2 Å². The molecule has 0 unspecified atom stereocenters. The zero-order valence-electron chi connectivity index (χ0n) is 15.1. The molecule has 1 N–H and O–H groups in total. The Balaban J connectivity index is 1.36. The minimum absolute atomic E-state index is 0.0349. The number of halogens is 1. The second-order valence-electron chi connectivity index (χ2n) is 6.40. The van der Waals surface area contributed by atoms with Gasteiger partial charge < -0.3 is 15.1 Å². The molecule has 1 aromatic carbocycles. The van der Waals surface area contributed by atoms with Crippen LogP contribution in [0.15, 0.2) is 60.9 Å². The first kappa shape index (κ1) is 18.2.